The van der Waals surface area contributed by atoms with Gasteiger partial charge in [0.15, 0.2) is 6.20 Å². The highest BCUT2D eigenvalue weighted by atomic mass is 16.5. The van der Waals surface area contributed by atoms with Crippen molar-refractivity contribution in [1.82, 2.24) is 0 Å². The molecule has 0 radical (unpaired) electrons. The summed E-state index contributed by atoms with van der Waals surface area (Å²) in [6.45, 7) is 18.1. The van der Waals surface area contributed by atoms with Gasteiger partial charge >= 0.3 is 0 Å². The molecule has 3 aromatic carbocycles. The predicted molar refractivity (Wildman–Crippen MR) is 127 cm³/mol. The van der Waals surface area contributed by atoms with Gasteiger partial charge in [-0.15, -0.1) is 0 Å². The molecule has 1 aromatic heterocycles. The van der Waals surface area contributed by atoms with Crippen LogP contribution in [0.1, 0.15) is 36.1 Å². The molecule has 0 saturated carbocycles. The van der Waals surface area contributed by atoms with Gasteiger partial charge in [0.1, 0.15) is 18.5 Å². The van der Waals surface area contributed by atoms with E-state index in [-0.39, 0.29) is 0 Å². The molecular formula is C28H27N2O+. The summed E-state index contributed by atoms with van der Waals surface area (Å²) in [4.78, 5) is 3.81. The lowest BCUT2D eigenvalue weighted by molar-refractivity contribution is -0.659. The first kappa shape index (κ1) is 19.6. The van der Waals surface area contributed by atoms with Crippen molar-refractivity contribution in [3.05, 3.63) is 76.3 Å². The third kappa shape index (κ3) is 2.82. The molecule has 3 nitrogen and oxygen atoms in total. The van der Waals surface area contributed by atoms with Gasteiger partial charge < -0.3 is 9.58 Å². The number of pyridine rings is 1. The molecule has 0 amide bonds. The van der Waals surface area contributed by atoms with Gasteiger partial charge in [0.25, 0.3) is 0 Å². The number of hydrogen-bond donors (Lipinski definition) is 0. The first-order valence-corrected chi connectivity index (χ1v) is 10.8. The lowest BCUT2D eigenvalue weighted by atomic mass is 9.87. The smallest absolute Gasteiger partial charge is 0.231 e. The molecule has 4 aromatic rings. The molecule has 0 atom stereocenters. The molecule has 154 valence electrons. The molecule has 0 saturated heterocycles. The Balaban J connectivity index is 1.88. The van der Waals surface area contributed by atoms with Crippen molar-refractivity contribution in [3.63, 3.8) is 0 Å². The van der Waals surface area contributed by atoms with E-state index in [1.807, 2.05) is 13.8 Å². The van der Waals surface area contributed by atoms with E-state index in [4.69, 9.17) is 11.3 Å². The third-order valence-electron chi connectivity index (χ3n) is 6.64. The SMILES string of the molecule is [C-]#[N+]C(C)(C)Cc1cc2c3c([n+](C)ccc3c1)-c1c(c(C)c3cccc(C)c3c1C)O2. The average molecular weight is 408 g/mol. The summed E-state index contributed by atoms with van der Waals surface area (Å²) in [5.41, 5.74) is 6.82. The largest absolute Gasteiger partial charge is 0.455 e. The highest BCUT2D eigenvalue weighted by Crippen LogP contribution is 2.51. The maximum atomic E-state index is 7.52. The van der Waals surface area contributed by atoms with Gasteiger partial charge in [0, 0.05) is 25.5 Å². The van der Waals surface area contributed by atoms with Crippen LogP contribution in [0.3, 0.4) is 0 Å². The molecule has 1 aliphatic heterocycles. The quantitative estimate of drug-likeness (QED) is 0.234. The summed E-state index contributed by atoms with van der Waals surface area (Å²) in [7, 11) is 2.11. The zero-order chi connectivity index (χ0) is 22.1. The fourth-order valence-corrected chi connectivity index (χ4v) is 5.15. The maximum Gasteiger partial charge on any atom is 0.231 e. The summed E-state index contributed by atoms with van der Waals surface area (Å²) in [5, 5.41) is 4.88. The normalized spacial score (nSPS) is 12.5. The number of rotatable bonds is 2. The van der Waals surface area contributed by atoms with Crippen molar-refractivity contribution in [2.45, 2.75) is 46.6 Å². The highest BCUT2D eigenvalue weighted by molar-refractivity contribution is 6.07. The standard InChI is InChI=1S/C28H27N2O/c1-16-9-8-10-21-17(2)27-24(18(3)23(16)21)26-25-20(11-12-30(26)7)13-19(14-22(25)31-27)15-28(4,5)29-6/h8-14H,15H2,1-5,7H3/q+1. The van der Waals surface area contributed by atoms with Crippen molar-refractivity contribution in [2.75, 3.05) is 0 Å². The van der Waals surface area contributed by atoms with Crippen LogP contribution in [0.2, 0.25) is 0 Å². The van der Waals surface area contributed by atoms with Crippen LogP contribution in [0.4, 0.5) is 0 Å². The Morgan fingerprint density at radius 3 is 2.55 bits per heavy atom. The number of fused-ring (bicyclic) bond motifs is 3. The van der Waals surface area contributed by atoms with Crippen LogP contribution < -0.4 is 9.30 Å². The van der Waals surface area contributed by atoms with Crippen molar-refractivity contribution in [3.8, 4) is 22.8 Å². The predicted octanol–water partition coefficient (Wildman–Crippen LogP) is 6.76. The number of ether oxygens (including phenoxy) is 1. The molecule has 31 heavy (non-hydrogen) atoms. The van der Waals surface area contributed by atoms with Crippen LogP contribution in [-0.4, -0.2) is 5.54 Å². The minimum atomic E-state index is -0.435. The molecule has 0 fully saturated rings. The van der Waals surface area contributed by atoms with E-state index in [2.05, 4.69) is 79.8 Å². The molecule has 0 N–H and O–H groups in total. The van der Waals surface area contributed by atoms with Crippen molar-refractivity contribution in [1.29, 1.82) is 0 Å². The van der Waals surface area contributed by atoms with E-state index in [0.29, 0.717) is 6.42 Å². The topological polar surface area (TPSA) is 17.5 Å². The van der Waals surface area contributed by atoms with Gasteiger partial charge in [-0.25, -0.2) is 11.1 Å². The summed E-state index contributed by atoms with van der Waals surface area (Å²) in [6.07, 6.45) is 2.83. The zero-order valence-electron chi connectivity index (χ0n) is 19.1. The van der Waals surface area contributed by atoms with E-state index in [1.165, 1.54) is 38.7 Å². The van der Waals surface area contributed by atoms with Crippen LogP contribution >= 0.6 is 0 Å². The van der Waals surface area contributed by atoms with E-state index in [0.717, 1.165) is 27.8 Å². The number of aromatic nitrogens is 1. The van der Waals surface area contributed by atoms with E-state index in [1.54, 1.807) is 0 Å². The lowest BCUT2D eigenvalue weighted by Gasteiger charge is -2.25. The van der Waals surface area contributed by atoms with Crippen molar-refractivity contribution >= 4 is 21.5 Å². The second-order valence-corrected chi connectivity index (χ2v) is 9.49. The van der Waals surface area contributed by atoms with Crippen LogP contribution in [0.15, 0.2) is 42.6 Å². The van der Waals surface area contributed by atoms with Gasteiger partial charge in [-0.05, 0) is 59.7 Å². The number of nitrogens with zero attached hydrogens (tertiary/aromatic N) is 2. The van der Waals surface area contributed by atoms with E-state index >= 15 is 0 Å². The van der Waals surface area contributed by atoms with Crippen molar-refractivity contribution < 1.29 is 9.30 Å². The zero-order valence-corrected chi connectivity index (χ0v) is 19.1. The van der Waals surface area contributed by atoms with Crippen LogP contribution in [-0.2, 0) is 13.5 Å². The van der Waals surface area contributed by atoms with Crippen LogP contribution in [0, 0.1) is 27.3 Å². The summed E-state index contributed by atoms with van der Waals surface area (Å²) in [6, 6.07) is 13.0. The summed E-state index contributed by atoms with van der Waals surface area (Å²) >= 11 is 0. The minimum Gasteiger partial charge on any atom is -0.455 e. The van der Waals surface area contributed by atoms with Gasteiger partial charge in [0.2, 0.25) is 11.2 Å². The molecule has 0 spiro atoms. The fraction of sp³-hybridized carbons (Fsp3) is 0.286. The molecular weight excluding hydrogens is 380 g/mol. The fourth-order valence-electron chi connectivity index (χ4n) is 5.15. The molecule has 0 unspecified atom stereocenters. The van der Waals surface area contributed by atoms with Gasteiger partial charge in [-0.1, -0.05) is 24.3 Å². The van der Waals surface area contributed by atoms with Crippen LogP contribution in [0.5, 0.6) is 11.5 Å². The van der Waals surface area contributed by atoms with Gasteiger partial charge in [-0.3, -0.25) is 0 Å². The second-order valence-electron chi connectivity index (χ2n) is 9.49. The maximum absolute atomic E-state index is 7.52. The summed E-state index contributed by atoms with van der Waals surface area (Å²) < 4.78 is 8.88. The Morgan fingerprint density at radius 1 is 1.03 bits per heavy atom. The molecule has 5 rings (SSSR count). The Bertz CT molecular complexity index is 1450. The highest BCUT2D eigenvalue weighted by Gasteiger charge is 2.33. The molecule has 0 aliphatic carbocycles. The van der Waals surface area contributed by atoms with Gasteiger partial charge in [0.05, 0.1) is 17.4 Å². The van der Waals surface area contributed by atoms with Gasteiger partial charge in [-0.2, -0.15) is 0 Å². The number of benzene rings is 3. The molecule has 0 bridgehead atoms. The third-order valence-corrected chi connectivity index (χ3v) is 6.64. The first-order chi connectivity index (χ1) is 14.7. The number of aryl methyl sites for hydroxylation is 4. The van der Waals surface area contributed by atoms with E-state index < -0.39 is 5.54 Å². The summed E-state index contributed by atoms with van der Waals surface area (Å²) in [5.74, 6) is 1.84. The second kappa shape index (κ2) is 6.56. The monoisotopic (exact) mass is 407 g/mol. The molecule has 3 heteroatoms. The molecule has 1 aliphatic rings. The lowest BCUT2D eigenvalue weighted by Crippen LogP contribution is -2.32. The van der Waals surface area contributed by atoms with Crippen molar-refractivity contribution in [2.24, 2.45) is 7.05 Å². The van der Waals surface area contributed by atoms with Crippen LogP contribution in [0.25, 0.3) is 37.6 Å². The first-order valence-electron chi connectivity index (χ1n) is 10.8. The Kier molecular flexibility index (Phi) is 4.14. The Morgan fingerprint density at radius 2 is 1.81 bits per heavy atom. The Labute approximate surface area is 183 Å². The molecule has 2 heterocycles. The average Bonchev–Trinajstić information content (AvgIpc) is 2.73. The minimum absolute atomic E-state index is 0.435. The number of hydrogen-bond acceptors (Lipinski definition) is 1. The Hall–Kier alpha value is -3.38. The van der Waals surface area contributed by atoms with E-state index in [9.17, 15) is 0 Å².